The van der Waals surface area contributed by atoms with E-state index in [0.717, 1.165) is 5.92 Å². The molecule has 0 amide bonds. The Kier molecular flexibility index (Phi) is 2.21. The molecule has 0 bridgehead atoms. The molecule has 1 aliphatic carbocycles. The van der Waals surface area contributed by atoms with Crippen LogP contribution < -0.4 is 0 Å². The Labute approximate surface area is 93.5 Å². The second kappa shape index (κ2) is 3.35. The molecule has 0 radical (unpaired) electrons. The predicted molar refractivity (Wildman–Crippen MR) is 63.9 cm³/mol. The topological polar surface area (TPSA) is 3.24 Å². The van der Waals surface area contributed by atoms with Gasteiger partial charge in [0.1, 0.15) is 0 Å². The highest BCUT2D eigenvalue weighted by atomic mass is 15.2. The number of hydrogen-bond acceptors (Lipinski definition) is 1. The van der Waals surface area contributed by atoms with Crippen LogP contribution in [0.25, 0.3) is 0 Å². The molecule has 1 fully saturated rings. The Hall–Kier alpha value is -0.300. The van der Waals surface area contributed by atoms with Gasteiger partial charge in [0.15, 0.2) is 0 Å². The van der Waals surface area contributed by atoms with Crippen LogP contribution in [0, 0.1) is 5.92 Å². The Morgan fingerprint density at radius 2 is 2.20 bits per heavy atom. The van der Waals surface area contributed by atoms with Crippen molar-refractivity contribution >= 4 is 0 Å². The van der Waals surface area contributed by atoms with Crippen LogP contribution in [0.2, 0.25) is 0 Å². The molecule has 0 unspecified atom stereocenters. The van der Waals surface area contributed by atoms with E-state index in [1.807, 2.05) is 11.1 Å². The van der Waals surface area contributed by atoms with Crippen LogP contribution >= 0.6 is 0 Å². The van der Waals surface area contributed by atoms with Crippen molar-refractivity contribution in [3.8, 4) is 0 Å². The van der Waals surface area contributed by atoms with Gasteiger partial charge in [0, 0.05) is 18.6 Å². The van der Waals surface area contributed by atoms with Crippen LogP contribution in [0.3, 0.4) is 0 Å². The quantitative estimate of drug-likeness (QED) is 0.593. The lowest BCUT2D eigenvalue weighted by molar-refractivity contribution is 0.176. The van der Waals surface area contributed by atoms with Crippen molar-refractivity contribution in [2.75, 3.05) is 13.1 Å². The van der Waals surface area contributed by atoms with E-state index in [2.05, 4.69) is 18.7 Å². The summed E-state index contributed by atoms with van der Waals surface area (Å²) < 4.78 is 0. The first-order valence-electron chi connectivity index (χ1n) is 6.70. The molecular weight excluding hydrogens is 182 g/mol. The molecule has 84 valence electrons. The molecule has 3 aliphatic rings. The van der Waals surface area contributed by atoms with Gasteiger partial charge in [0.2, 0.25) is 0 Å². The first-order valence-corrected chi connectivity index (χ1v) is 6.70. The monoisotopic (exact) mass is 205 g/mol. The van der Waals surface area contributed by atoms with Gasteiger partial charge in [-0.25, -0.2) is 0 Å². The van der Waals surface area contributed by atoms with Crippen molar-refractivity contribution in [2.45, 2.75) is 57.9 Å². The fourth-order valence-electron chi connectivity index (χ4n) is 4.20. The molecule has 1 heteroatoms. The molecule has 3 rings (SSSR count). The van der Waals surface area contributed by atoms with Gasteiger partial charge in [-0.3, -0.25) is 4.90 Å². The van der Waals surface area contributed by atoms with Gasteiger partial charge < -0.3 is 0 Å². The number of rotatable bonds is 1. The maximum atomic E-state index is 2.78. The average molecular weight is 205 g/mol. The van der Waals surface area contributed by atoms with Gasteiger partial charge in [-0.1, -0.05) is 24.5 Å². The highest BCUT2D eigenvalue weighted by Crippen LogP contribution is 2.49. The third kappa shape index (κ3) is 1.32. The second-order valence-corrected chi connectivity index (χ2v) is 5.88. The highest BCUT2D eigenvalue weighted by molar-refractivity contribution is 5.34. The maximum absolute atomic E-state index is 2.78. The van der Waals surface area contributed by atoms with E-state index in [1.54, 1.807) is 0 Å². The molecule has 1 saturated heterocycles. The third-order valence-electron chi connectivity index (χ3n) is 5.11. The van der Waals surface area contributed by atoms with Crippen LogP contribution in [0.4, 0.5) is 0 Å². The third-order valence-corrected chi connectivity index (χ3v) is 5.11. The van der Waals surface area contributed by atoms with Crippen LogP contribution in [0.1, 0.15) is 52.4 Å². The molecule has 0 aromatic heterocycles. The minimum atomic E-state index is 0.477. The normalized spacial score (nSPS) is 40.8. The zero-order chi connectivity index (χ0) is 10.5. The van der Waals surface area contributed by atoms with E-state index in [0.29, 0.717) is 5.54 Å². The van der Waals surface area contributed by atoms with Crippen molar-refractivity contribution in [1.82, 2.24) is 4.90 Å². The van der Waals surface area contributed by atoms with Gasteiger partial charge in [0.05, 0.1) is 0 Å². The summed E-state index contributed by atoms with van der Waals surface area (Å²) in [4.78, 5) is 2.78. The maximum Gasteiger partial charge on any atom is 0.0398 e. The van der Waals surface area contributed by atoms with E-state index in [-0.39, 0.29) is 0 Å². The molecular formula is C14H23N. The minimum absolute atomic E-state index is 0.477. The van der Waals surface area contributed by atoms with Crippen molar-refractivity contribution in [3.05, 3.63) is 11.1 Å². The standard InChI is InChI=1S/C14H23N/c1-3-11-9-14(2)13-6-4-5-12(13)7-8-15(14)10-11/h11H,3-10H2,1-2H3/t11-,14+/m1/s1. The van der Waals surface area contributed by atoms with E-state index < -0.39 is 0 Å². The lowest BCUT2D eigenvalue weighted by Crippen LogP contribution is -2.45. The Balaban J connectivity index is 1.94. The summed E-state index contributed by atoms with van der Waals surface area (Å²) in [7, 11) is 0. The molecule has 0 saturated carbocycles. The van der Waals surface area contributed by atoms with Gasteiger partial charge >= 0.3 is 0 Å². The number of nitrogens with zero attached hydrogens (tertiary/aromatic N) is 1. The smallest absolute Gasteiger partial charge is 0.0398 e. The van der Waals surface area contributed by atoms with E-state index >= 15 is 0 Å². The van der Waals surface area contributed by atoms with Gasteiger partial charge in [-0.05, 0) is 44.9 Å². The minimum Gasteiger partial charge on any atom is -0.294 e. The van der Waals surface area contributed by atoms with Crippen molar-refractivity contribution in [3.63, 3.8) is 0 Å². The molecule has 15 heavy (non-hydrogen) atoms. The molecule has 2 atom stereocenters. The molecule has 0 aromatic rings. The summed E-state index contributed by atoms with van der Waals surface area (Å²) in [5, 5.41) is 0. The zero-order valence-corrected chi connectivity index (χ0v) is 10.2. The van der Waals surface area contributed by atoms with Gasteiger partial charge in [-0.2, -0.15) is 0 Å². The Morgan fingerprint density at radius 1 is 1.33 bits per heavy atom. The first-order chi connectivity index (χ1) is 7.24. The molecule has 1 nitrogen and oxygen atoms in total. The summed E-state index contributed by atoms with van der Waals surface area (Å²) in [6.45, 7) is 7.58. The first kappa shape index (κ1) is 9.89. The molecule has 0 spiro atoms. The molecule has 0 N–H and O–H groups in total. The fraction of sp³-hybridized carbons (Fsp3) is 0.857. The second-order valence-electron chi connectivity index (χ2n) is 5.88. The summed E-state index contributed by atoms with van der Waals surface area (Å²) in [5.74, 6) is 0.961. The lowest BCUT2D eigenvalue weighted by Gasteiger charge is -2.41. The Bertz CT molecular complexity index is 304. The predicted octanol–water partition coefficient (Wildman–Crippen LogP) is 3.36. The Morgan fingerprint density at radius 3 is 3.00 bits per heavy atom. The fourth-order valence-corrected chi connectivity index (χ4v) is 4.20. The van der Waals surface area contributed by atoms with Crippen molar-refractivity contribution in [1.29, 1.82) is 0 Å². The lowest BCUT2D eigenvalue weighted by atomic mass is 9.81. The SMILES string of the molecule is CC[C@H]1CN2CCC3=C(CCC3)[C@]2(C)C1. The largest absolute Gasteiger partial charge is 0.294 e. The van der Waals surface area contributed by atoms with E-state index in [9.17, 15) is 0 Å². The molecule has 0 aromatic carbocycles. The van der Waals surface area contributed by atoms with Crippen LogP contribution in [0.5, 0.6) is 0 Å². The average Bonchev–Trinajstić information content (AvgIpc) is 2.80. The summed E-state index contributed by atoms with van der Waals surface area (Å²) in [5.41, 5.74) is 4.17. The van der Waals surface area contributed by atoms with E-state index in [1.165, 1.54) is 51.6 Å². The van der Waals surface area contributed by atoms with Gasteiger partial charge in [-0.15, -0.1) is 0 Å². The van der Waals surface area contributed by atoms with Crippen LogP contribution in [0.15, 0.2) is 11.1 Å². The van der Waals surface area contributed by atoms with Crippen LogP contribution in [-0.4, -0.2) is 23.5 Å². The zero-order valence-electron chi connectivity index (χ0n) is 10.2. The number of fused-ring (bicyclic) bond motifs is 2. The van der Waals surface area contributed by atoms with Crippen LogP contribution in [-0.2, 0) is 0 Å². The summed E-state index contributed by atoms with van der Waals surface area (Å²) in [6, 6.07) is 0. The highest BCUT2D eigenvalue weighted by Gasteiger charge is 2.47. The molecule has 2 aliphatic heterocycles. The van der Waals surface area contributed by atoms with E-state index in [4.69, 9.17) is 0 Å². The number of hydrogen-bond donors (Lipinski definition) is 0. The molecule has 2 heterocycles. The summed E-state index contributed by atoms with van der Waals surface area (Å²) >= 11 is 0. The van der Waals surface area contributed by atoms with Crippen molar-refractivity contribution < 1.29 is 0 Å². The van der Waals surface area contributed by atoms with Crippen molar-refractivity contribution in [2.24, 2.45) is 5.92 Å². The summed E-state index contributed by atoms with van der Waals surface area (Å²) in [6.07, 6.45) is 8.43. The van der Waals surface area contributed by atoms with Gasteiger partial charge in [0.25, 0.3) is 0 Å².